The summed E-state index contributed by atoms with van der Waals surface area (Å²) in [7, 11) is 0. The minimum absolute atomic E-state index is 0.123. The molecule has 106 valence electrons. The van der Waals surface area contributed by atoms with Gasteiger partial charge in [0.25, 0.3) is 0 Å². The van der Waals surface area contributed by atoms with Gasteiger partial charge >= 0.3 is 0 Å². The van der Waals surface area contributed by atoms with Gasteiger partial charge in [-0.05, 0) is 37.7 Å². The van der Waals surface area contributed by atoms with E-state index in [9.17, 15) is 0 Å². The molecule has 0 aromatic carbocycles. The third-order valence-electron chi connectivity index (χ3n) is 4.79. The summed E-state index contributed by atoms with van der Waals surface area (Å²) in [6.45, 7) is 7.51. The Balaban J connectivity index is 1.54. The summed E-state index contributed by atoms with van der Waals surface area (Å²) in [5.41, 5.74) is 7.69. The zero-order chi connectivity index (χ0) is 13.5. The summed E-state index contributed by atoms with van der Waals surface area (Å²) in [6.07, 6.45) is 7.11. The smallest absolute Gasteiger partial charge is 0.0764 e. The Hall–Kier alpha value is -0.870. The summed E-state index contributed by atoms with van der Waals surface area (Å²) < 4.78 is 2.13. The van der Waals surface area contributed by atoms with E-state index in [1.54, 1.807) is 0 Å². The van der Waals surface area contributed by atoms with Crippen molar-refractivity contribution in [3.8, 4) is 0 Å². The van der Waals surface area contributed by atoms with Gasteiger partial charge in [-0.15, -0.1) is 0 Å². The van der Waals surface area contributed by atoms with Gasteiger partial charge in [-0.25, -0.2) is 0 Å². The number of likely N-dealkylation sites (tertiary alicyclic amines) is 1. The topological polar surface area (TPSA) is 47.1 Å². The predicted octanol–water partition coefficient (Wildman–Crippen LogP) is 2.17. The van der Waals surface area contributed by atoms with E-state index in [1.807, 2.05) is 0 Å². The zero-order valence-electron chi connectivity index (χ0n) is 12.2. The minimum Gasteiger partial charge on any atom is -0.323 e. The lowest BCUT2D eigenvalue weighted by Gasteiger charge is -2.48. The first-order valence-corrected chi connectivity index (χ1v) is 7.70. The SMILES string of the molecule is CCC(CC)n1ccc(CN2CC(N)(C3CC3)C2)n1. The quantitative estimate of drug-likeness (QED) is 0.854. The van der Waals surface area contributed by atoms with Gasteiger partial charge in [0.05, 0.1) is 11.7 Å². The van der Waals surface area contributed by atoms with Crippen LogP contribution in [0.3, 0.4) is 0 Å². The van der Waals surface area contributed by atoms with Crippen LogP contribution >= 0.6 is 0 Å². The van der Waals surface area contributed by atoms with Crippen LogP contribution in [0.4, 0.5) is 0 Å². The molecule has 4 nitrogen and oxygen atoms in total. The van der Waals surface area contributed by atoms with Crippen molar-refractivity contribution in [1.29, 1.82) is 0 Å². The Morgan fingerprint density at radius 3 is 2.63 bits per heavy atom. The van der Waals surface area contributed by atoms with Crippen LogP contribution in [0.25, 0.3) is 0 Å². The van der Waals surface area contributed by atoms with Crippen LogP contribution in [0.15, 0.2) is 12.3 Å². The highest BCUT2D eigenvalue weighted by molar-refractivity contribution is 5.11. The molecule has 1 aliphatic carbocycles. The maximum atomic E-state index is 6.38. The molecule has 2 aliphatic rings. The number of hydrogen-bond donors (Lipinski definition) is 1. The van der Waals surface area contributed by atoms with Gasteiger partial charge in [0.15, 0.2) is 0 Å². The molecule has 4 heteroatoms. The molecule has 0 spiro atoms. The van der Waals surface area contributed by atoms with E-state index in [4.69, 9.17) is 10.8 Å². The summed E-state index contributed by atoms with van der Waals surface area (Å²) in [6, 6.07) is 2.71. The average molecular weight is 262 g/mol. The summed E-state index contributed by atoms with van der Waals surface area (Å²) in [5.74, 6) is 0.797. The van der Waals surface area contributed by atoms with E-state index in [1.165, 1.54) is 18.5 Å². The van der Waals surface area contributed by atoms with Gasteiger partial charge < -0.3 is 5.73 Å². The first-order chi connectivity index (χ1) is 9.14. The molecule has 0 radical (unpaired) electrons. The summed E-state index contributed by atoms with van der Waals surface area (Å²) >= 11 is 0. The van der Waals surface area contributed by atoms with Crippen molar-refractivity contribution >= 4 is 0 Å². The number of nitrogens with zero attached hydrogens (tertiary/aromatic N) is 3. The molecule has 0 amide bonds. The second kappa shape index (κ2) is 4.91. The molecule has 19 heavy (non-hydrogen) atoms. The van der Waals surface area contributed by atoms with E-state index < -0.39 is 0 Å². The molecular weight excluding hydrogens is 236 g/mol. The largest absolute Gasteiger partial charge is 0.323 e. The first kappa shape index (κ1) is 13.1. The average Bonchev–Trinajstić information content (AvgIpc) is 3.12. The summed E-state index contributed by atoms with van der Waals surface area (Å²) in [4.78, 5) is 2.43. The standard InChI is InChI=1S/C15H26N4/c1-3-14(4-2)19-8-7-13(17-19)9-18-10-15(16,11-18)12-5-6-12/h7-8,12,14H,3-6,9-11,16H2,1-2H3. The summed E-state index contributed by atoms with van der Waals surface area (Å²) in [5, 5.41) is 4.72. The van der Waals surface area contributed by atoms with E-state index in [0.717, 1.165) is 38.4 Å². The van der Waals surface area contributed by atoms with Gasteiger partial charge in [0.1, 0.15) is 0 Å². The Morgan fingerprint density at radius 1 is 1.37 bits per heavy atom. The Kier molecular flexibility index (Phi) is 3.39. The molecule has 0 unspecified atom stereocenters. The highest BCUT2D eigenvalue weighted by atomic mass is 15.3. The maximum absolute atomic E-state index is 6.38. The van der Waals surface area contributed by atoms with Crippen molar-refractivity contribution in [2.24, 2.45) is 11.7 Å². The van der Waals surface area contributed by atoms with E-state index in [0.29, 0.717) is 6.04 Å². The van der Waals surface area contributed by atoms with Crippen molar-refractivity contribution in [3.63, 3.8) is 0 Å². The lowest BCUT2D eigenvalue weighted by Crippen LogP contribution is -2.68. The lowest BCUT2D eigenvalue weighted by atomic mass is 9.86. The normalized spacial score (nSPS) is 22.7. The lowest BCUT2D eigenvalue weighted by molar-refractivity contribution is 0.0465. The van der Waals surface area contributed by atoms with Gasteiger partial charge in [-0.3, -0.25) is 9.58 Å². The van der Waals surface area contributed by atoms with Crippen LogP contribution in [-0.4, -0.2) is 33.3 Å². The van der Waals surface area contributed by atoms with Crippen LogP contribution in [0.2, 0.25) is 0 Å². The molecule has 2 heterocycles. The number of rotatable bonds is 6. The molecule has 1 saturated heterocycles. The van der Waals surface area contributed by atoms with Crippen molar-refractivity contribution < 1.29 is 0 Å². The number of aromatic nitrogens is 2. The van der Waals surface area contributed by atoms with Gasteiger partial charge in [-0.2, -0.15) is 5.10 Å². The van der Waals surface area contributed by atoms with E-state index in [2.05, 4.69) is 35.7 Å². The van der Waals surface area contributed by atoms with Gasteiger partial charge in [-0.1, -0.05) is 13.8 Å². The molecule has 0 atom stereocenters. The van der Waals surface area contributed by atoms with Crippen molar-refractivity contribution in [1.82, 2.24) is 14.7 Å². The Labute approximate surface area is 116 Å². The van der Waals surface area contributed by atoms with Gasteiger partial charge in [0, 0.05) is 31.4 Å². The molecule has 2 fully saturated rings. The van der Waals surface area contributed by atoms with E-state index >= 15 is 0 Å². The number of hydrogen-bond acceptors (Lipinski definition) is 3. The molecule has 1 saturated carbocycles. The maximum Gasteiger partial charge on any atom is 0.0764 e. The third kappa shape index (κ3) is 2.56. The van der Waals surface area contributed by atoms with Crippen LogP contribution in [0.1, 0.15) is 51.3 Å². The third-order valence-corrected chi connectivity index (χ3v) is 4.79. The van der Waals surface area contributed by atoms with Crippen LogP contribution in [0.5, 0.6) is 0 Å². The fraction of sp³-hybridized carbons (Fsp3) is 0.800. The van der Waals surface area contributed by atoms with Crippen molar-refractivity contribution in [3.05, 3.63) is 18.0 Å². The van der Waals surface area contributed by atoms with Crippen molar-refractivity contribution in [2.45, 2.75) is 57.7 Å². The number of nitrogens with two attached hydrogens (primary N) is 1. The first-order valence-electron chi connectivity index (χ1n) is 7.70. The van der Waals surface area contributed by atoms with Crippen LogP contribution < -0.4 is 5.73 Å². The van der Waals surface area contributed by atoms with Crippen LogP contribution in [-0.2, 0) is 6.54 Å². The molecule has 1 aliphatic heterocycles. The fourth-order valence-electron chi connectivity index (χ4n) is 3.37. The van der Waals surface area contributed by atoms with Crippen LogP contribution in [0, 0.1) is 5.92 Å². The molecule has 1 aromatic rings. The molecule has 1 aromatic heterocycles. The highest BCUT2D eigenvalue weighted by Gasteiger charge is 2.50. The monoisotopic (exact) mass is 262 g/mol. The van der Waals surface area contributed by atoms with Crippen molar-refractivity contribution in [2.75, 3.05) is 13.1 Å². The minimum atomic E-state index is 0.123. The molecule has 0 bridgehead atoms. The molecule has 2 N–H and O–H groups in total. The second-order valence-electron chi connectivity index (χ2n) is 6.41. The predicted molar refractivity (Wildman–Crippen MR) is 76.8 cm³/mol. The Bertz CT molecular complexity index is 425. The Morgan fingerprint density at radius 2 is 2.05 bits per heavy atom. The molecular formula is C15H26N4. The van der Waals surface area contributed by atoms with Gasteiger partial charge in [0.2, 0.25) is 0 Å². The second-order valence-corrected chi connectivity index (χ2v) is 6.41. The zero-order valence-corrected chi connectivity index (χ0v) is 12.2. The highest BCUT2D eigenvalue weighted by Crippen LogP contribution is 2.43. The fourth-order valence-corrected chi connectivity index (χ4v) is 3.37. The molecule has 3 rings (SSSR count). The van der Waals surface area contributed by atoms with E-state index in [-0.39, 0.29) is 5.54 Å².